The standard InChI is InChI=1S/C51H93NO18/c1-3-5-7-9-10-11-12-13-14-15-16-17-18-19-20-21-22-23-24-25-27-29-39(57)52-34(35(56)28-26-8-6-4-2)33-65-49-45(63)42(60)47(37(31-54)67-49)70-51-46(64)43(61)48(38(32-55)68-51)69-50-44(62)41(59)40(58)36(30-53)66-50/h12-13,15-16,34-38,40-51,53-56,58-64H,3-11,14,17-33H2,1-2H3,(H,52,57)/b13-12-,16-15-. The van der Waals surface area contributed by atoms with Gasteiger partial charge in [0.05, 0.1) is 38.6 Å². The molecular formula is C51H93NO18. The SMILES string of the molecule is CCCCCCC/C=C\C/C=C\CCCCCCCCCCCC(=O)NC(COC1OC(CO)C(OC2OC(CO)C(OC3OC(CO)C(O)C(O)C3O)C(O)C2O)C(O)C1O)C(O)CCCCCC. The third-order valence-electron chi connectivity index (χ3n) is 13.5. The Morgan fingerprint density at radius 1 is 0.514 bits per heavy atom. The molecule has 17 atom stereocenters. The van der Waals surface area contributed by atoms with Gasteiger partial charge in [-0.3, -0.25) is 4.79 Å². The molecule has 0 aliphatic carbocycles. The second-order valence-corrected chi connectivity index (χ2v) is 19.3. The van der Waals surface area contributed by atoms with E-state index in [1.165, 1.54) is 70.6 Å². The average molecular weight is 1010 g/mol. The number of allylic oxidation sites excluding steroid dienone is 4. The maximum Gasteiger partial charge on any atom is 0.220 e. The minimum absolute atomic E-state index is 0.258. The molecule has 3 fully saturated rings. The van der Waals surface area contributed by atoms with Gasteiger partial charge in [0.1, 0.15) is 73.2 Å². The van der Waals surface area contributed by atoms with Crippen molar-refractivity contribution in [3.8, 4) is 0 Å². The summed E-state index contributed by atoms with van der Waals surface area (Å²) in [6.45, 7) is 1.61. The van der Waals surface area contributed by atoms with E-state index in [0.717, 1.165) is 51.4 Å². The summed E-state index contributed by atoms with van der Waals surface area (Å²) in [5.74, 6) is -0.258. The highest BCUT2D eigenvalue weighted by atomic mass is 16.8. The van der Waals surface area contributed by atoms with Crippen LogP contribution in [0.15, 0.2) is 24.3 Å². The van der Waals surface area contributed by atoms with Crippen LogP contribution in [0.4, 0.5) is 0 Å². The number of carbonyl (C=O) groups excluding carboxylic acids is 1. The number of nitrogens with one attached hydrogen (secondary N) is 1. The Hall–Kier alpha value is -1.73. The van der Waals surface area contributed by atoms with Crippen molar-refractivity contribution >= 4 is 5.91 Å². The molecule has 0 spiro atoms. The van der Waals surface area contributed by atoms with Gasteiger partial charge < -0.3 is 89.9 Å². The number of hydrogen-bond donors (Lipinski definition) is 12. The average Bonchev–Trinajstić information content (AvgIpc) is 3.35. The van der Waals surface area contributed by atoms with Gasteiger partial charge in [-0.2, -0.15) is 0 Å². The Bertz CT molecular complexity index is 1390. The number of carbonyl (C=O) groups is 1. The van der Waals surface area contributed by atoms with Gasteiger partial charge in [-0.1, -0.05) is 134 Å². The second-order valence-electron chi connectivity index (χ2n) is 19.3. The highest BCUT2D eigenvalue weighted by Crippen LogP contribution is 2.33. The lowest BCUT2D eigenvalue weighted by Gasteiger charge is -2.48. The van der Waals surface area contributed by atoms with Gasteiger partial charge in [0.25, 0.3) is 0 Å². The topological polar surface area (TPSA) is 307 Å². The lowest BCUT2D eigenvalue weighted by atomic mass is 9.96. The van der Waals surface area contributed by atoms with Gasteiger partial charge in [0.15, 0.2) is 18.9 Å². The van der Waals surface area contributed by atoms with E-state index in [9.17, 15) is 61.0 Å². The molecule has 3 heterocycles. The van der Waals surface area contributed by atoms with Gasteiger partial charge >= 0.3 is 0 Å². The van der Waals surface area contributed by atoms with E-state index in [0.29, 0.717) is 19.3 Å². The van der Waals surface area contributed by atoms with Crippen molar-refractivity contribution < 1.29 is 89.4 Å². The van der Waals surface area contributed by atoms with Crippen molar-refractivity contribution in [2.45, 2.75) is 266 Å². The van der Waals surface area contributed by atoms with Gasteiger partial charge in [-0.15, -0.1) is 0 Å². The van der Waals surface area contributed by atoms with Crippen molar-refractivity contribution in [1.82, 2.24) is 5.32 Å². The van der Waals surface area contributed by atoms with Crippen molar-refractivity contribution in [3.05, 3.63) is 24.3 Å². The van der Waals surface area contributed by atoms with Crippen molar-refractivity contribution in [1.29, 1.82) is 0 Å². The van der Waals surface area contributed by atoms with Crippen LogP contribution in [0, 0.1) is 0 Å². The Balaban J connectivity index is 1.42. The fourth-order valence-electron chi connectivity index (χ4n) is 9.05. The normalized spacial score (nSPS) is 32.7. The predicted molar refractivity (Wildman–Crippen MR) is 259 cm³/mol. The van der Waals surface area contributed by atoms with Gasteiger partial charge in [0.2, 0.25) is 5.91 Å². The third kappa shape index (κ3) is 21.6. The van der Waals surface area contributed by atoms with Crippen LogP contribution in [-0.4, -0.2) is 193 Å². The summed E-state index contributed by atoms with van der Waals surface area (Å²) in [6, 6.07) is -0.883. The number of rotatable bonds is 37. The maximum absolute atomic E-state index is 13.1. The Morgan fingerprint density at radius 2 is 0.943 bits per heavy atom. The molecular weight excluding hydrogens is 915 g/mol. The summed E-state index contributed by atoms with van der Waals surface area (Å²) >= 11 is 0. The number of ether oxygens (including phenoxy) is 6. The molecule has 0 radical (unpaired) electrons. The Kier molecular flexibility index (Phi) is 32.4. The first kappa shape index (κ1) is 62.6. The highest BCUT2D eigenvalue weighted by molar-refractivity contribution is 5.76. The van der Waals surface area contributed by atoms with Crippen LogP contribution in [-0.2, 0) is 33.2 Å². The first-order chi connectivity index (χ1) is 33.8. The van der Waals surface area contributed by atoms with Crippen LogP contribution in [0.25, 0.3) is 0 Å². The second kappa shape index (κ2) is 36.3. The summed E-state index contributed by atoms with van der Waals surface area (Å²) in [6.07, 6.45) is 6.59. The lowest BCUT2D eigenvalue weighted by Crippen LogP contribution is -2.66. The van der Waals surface area contributed by atoms with E-state index in [2.05, 4.69) is 43.5 Å². The van der Waals surface area contributed by atoms with E-state index in [1.807, 2.05) is 0 Å². The molecule has 0 aromatic rings. The highest BCUT2D eigenvalue weighted by Gasteiger charge is 2.53. The van der Waals surface area contributed by atoms with Gasteiger partial charge in [0, 0.05) is 6.42 Å². The lowest BCUT2D eigenvalue weighted by molar-refractivity contribution is -0.379. The molecule has 0 aromatic carbocycles. The smallest absolute Gasteiger partial charge is 0.220 e. The number of aliphatic hydroxyl groups is 11. The molecule has 0 saturated carbocycles. The Labute approximate surface area is 416 Å². The number of unbranched alkanes of at least 4 members (excludes halogenated alkanes) is 17. The molecule has 3 rings (SSSR count). The zero-order valence-electron chi connectivity index (χ0n) is 42.0. The molecule has 0 bridgehead atoms. The Morgan fingerprint density at radius 3 is 1.46 bits per heavy atom. The molecule has 1 amide bonds. The summed E-state index contributed by atoms with van der Waals surface area (Å²) in [5.41, 5.74) is 0. The van der Waals surface area contributed by atoms with Crippen LogP contribution in [0.2, 0.25) is 0 Å². The zero-order chi connectivity index (χ0) is 51.3. The zero-order valence-corrected chi connectivity index (χ0v) is 42.0. The van der Waals surface area contributed by atoms with E-state index in [4.69, 9.17) is 28.4 Å². The molecule has 19 nitrogen and oxygen atoms in total. The van der Waals surface area contributed by atoms with Crippen molar-refractivity contribution in [3.63, 3.8) is 0 Å². The van der Waals surface area contributed by atoms with Crippen molar-refractivity contribution in [2.75, 3.05) is 26.4 Å². The molecule has 12 N–H and O–H groups in total. The summed E-state index contributed by atoms with van der Waals surface area (Å²) in [4.78, 5) is 13.1. The first-order valence-corrected chi connectivity index (χ1v) is 26.6. The van der Waals surface area contributed by atoms with Crippen LogP contribution >= 0.6 is 0 Å². The van der Waals surface area contributed by atoms with Crippen LogP contribution < -0.4 is 5.32 Å². The number of aliphatic hydroxyl groups excluding tert-OH is 11. The molecule has 3 saturated heterocycles. The van der Waals surface area contributed by atoms with E-state index in [-0.39, 0.29) is 18.9 Å². The van der Waals surface area contributed by atoms with Crippen molar-refractivity contribution in [2.24, 2.45) is 0 Å². The molecule has 19 heteroatoms. The minimum atomic E-state index is -1.97. The molecule has 3 aliphatic heterocycles. The monoisotopic (exact) mass is 1010 g/mol. The molecule has 410 valence electrons. The molecule has 17 unspecified atom stereocenters. The molecule has 3 aliphatic rings. The van der Waals surface area contributed by atoms with E-state index in [1.54, 1.807) is 0 Å². The van der Waals surface area contributed by atoms with Crippen LogP contribution in [0.3, 0.4) is 0 Å². The molecule has 0 aromatic heterocycles. The van der Waals surface area contributed by atoms with Crippen LogP contribution in [0.1, 0.15) is 162 Å². The summed E-state index contributed by atoms with van der Waals surface area (Å²) in [5, 5.41) is 119. The van der Waals surface area contributed by atoms with Gasteiger partial charge in [-0.25, -0.2) is 0 Å². The summed E-state index contributed by atoms with van der Waals surface area (Å²) in [7, 11) is 0. The largest absolute Gasteiger partial charge is 0.394 e. The summed E-state index contributed by atoms with van der Waals surface area (Å²) < 4.78 is 34.0. The van der Waals surface area contributed by atoms with E-state index >= 15 is 0 Å². The predicted octanol–water partition coefficient (Wildman–Crippen LogP) is 2.42. The first-order valence-electron chi connectivity index (χ1n) is 26.6. The number of hydrogen-bond acceptors (Lipinski definition) is 18. The minimum Gasteiger partial charge on any atom is -0.394 e. The number of amides is 1. The third-order valence-corrected chi connectivity index (χ3v) is 13.5. The van der Waals surface area contributed by atoms with Gasteiger partial charge in [-0.05, 0) is 44.9 Å². The fourth-order valence-corrected chi connectivity index (χ4v) is 9.05. The maximum atomic E-state index is 13.1. The molecule has 70 heavy (non-hydrogen) atoms. The van der Waals surface area contributed by atoms with E-state index < -0.39 is 124 Å². The van der Waals surface area contributed by atoms with Crippen LogP contribution in [0.5, 0.6) is 0 Å². The fraction of sp³-hybridized carbons (Fsp3) is 0.902. The quantitative estimate of drug-likeness (QED) is 0.0314.